The molecule has 0 heterocycles. The minimum Gasteiger partial charge on any atom is -0.256 e. The summed E-state index contributed by atoms with van der Waals surface area (Å²) in [5, 5.41) is 0. The molecule has 0 unspecified atom stereocenters. The van der Waals surface area contributed by atoms with E-state index in [2.05, 4.69) is 35.1 Å². The molecule has 4 aliphatic carbocycles. The van der Waals surface area contributed by atoms with Crippen LogP contribution in [0.15, 0.2) is 35.2 Å². The van der Waals surface area contributed by atoms with Crippen molar-refractivity contribution in [3.05, 3.63) is 30.3 Å². The minimum atomic E-state index is 0.781. The monoisotopic (exact) mass is 259 g/mol. The Morgan fingerprint density at radius 1 is 0.833 bits per heavy atom. The van der Waals surface area contributed by atoms with Crippen LogP contribution in [-0.2, 0) is 0 Å². The number of hydrogen-bond acceptors (Lipinski definition) is 2. The van der Waals surface area contributed by atoms with Gasteiger partial charge < -0.3 is 0 Å². The van der Waals surface area contributed by atoms with Gasteiger partial charge in [-0.1, -0.05) is 18.2 Å². The molecule has 1 aromatic carbocycles. The zero-order chi connectivity index (χ0) is 11.9. The first-order valence-electron chi connectivity index (χ1n) is 7.36. The Morgan fingerprint density at radius 3 is 2.06 bits per heavy atom. The van der Waals surface area contributed by atoms with Gasteiger partial charge in [0.15, 0.2) is 0 Å². The third kappa shape index (κ3) is 2.00. The molecular weight excluding hydrogens is 238 g/mol. The van der Waals surface area contributed by atoms with Crippen LogP contribution in [-0.4, -0.2) is 6.04 Å². The van der Waals surface area contributed by atoms with Crippen molar-refractivity contribution in [2.45, 2.75) is 43.0 Å². The zero-order valence-electron chi connectivity index (χ0n) is 10.7. The van der Waals surface area contributed by atoms with Crippen LogP contribution in [0, 0.1) is 23.7 Å². The average Bonchev–Trinajstić information content (AvgIpc) is 2.38. The lowest BCUT2D eigenvalue weighted by Gasteiger charge is -2.54. The first kappa shape index (κ1) is 11.4. The fraction of sp³-hybridized carbons (Fsp3) is 0.625. The smallest absolute Gasteiger partial charge is 0.0232 e. The van der Waals surface area contributed by atoms with Crippen LogP contribution in [0.4, 0.5) is 0 Å². The van der Waals surface area contributed by atoms with E-state index in [1.807, 2.05) is 11.9 Å². The normalized spacial score (nSPS) is 41.2. The highest BCUT2D eigenvalue weighted by Crippen LogP contribution is 2.54. The Morgan fingerprint density at radius 2 is 1.44 bits per heavy atom. The van der Waals surface area contributed by atoms with Crippen molar-refractivity contribution in [1.29, 1.82) is 0 Å². The van der Waals surface area contributed by atoms with E-state index in [9.17, 15) is 0 Å². The molecule has 4 fully saturated rings. The summed E-state index contributed by atoms with van der Waals surface area (Å²) in [5.74, 6) is 4.09. The Balaban J connectivity index is 1.43. The molecule has 0 amide bonds. The van der Waals surface area contributed by atoms with Gasteiger partial charge in [0.2, 0.25) is 0 Å². The van der Waals surface area contributed by atoms with E-state index in [0.717, 1.165) is 29.7 Å². The summed E-state index contributed by atoms with van der Waals surface area (Å²) in [4.78, 5) is 1.35. The topological polar surface area (TPSA) is 12.0 Å². The molecule has 4 bridgehead atoms. The van der Waals surface area contributed by atoms with Crippen molar-refractivity contribution in [1.82, 2.24) is 4.72 Å². The van der Waals surface area contributed by atoms with Crippen LogP contribution in [0.25, 0.3) is 0 Å². The second-order valence-electron chi connectivity index (χ2n) is 6.49. The standard InChI is InChI=1S/C16H21NS/c1-2-4-15(5-3-1)18-17-16-13-7-11-6-12(9-13)10-14(16)8-11/h1-5,11-14,16-17H,6-10H2. The average molecular weight is 259 g/mol. The van der Waals surface area contributed by atoms with Gasteiger partial charge in [-0.15, -0.1) is 0 Å². The number of nitrogens with one attached hydrogen (secondary N) is 1. The summed E-state index contributed by atoms with van der Waals surface area (Å²) >= 11 is 1.85. The van der Waals surface area contributed by atoms with Crippen molar-refractivity contribution in [3.63, 3.8) is 0 Å². The van der Waals surface area contributed by atoms with Crippen LogP contribution < -0.4 is 4.72 Å². The predicted molar refractivity (Wildman–Crippen MR) is 76.3 cm³/mol. The Hall–Kier alpha value is -0.470. The highest BCUT2D eigenvalue weighted by molar-refractivity contribution is 7.97. The molecule has 96 valence electrons. The summed E-state index contributed by atoms with van der Waals surface area (Å²) < 4.78 is 3.80. The van der Waals surface area contributed by atoms with Crippen molar-refractivity contribution in [2.24, 2.45) is 23.7 Å². The number of hydrogen-bond donors (Lipinski definition) is 1. The Bertz CT molecular complexity index is 388. The zero-order valence-corrected chi connectivity index (χ0v) is 11.5. The largest absolute Gasteiger partial charge is 0.256 e. The van der Waals surface area contributed by atoms with Gasteiger partial charge in [0, 0.05) is 10.9 Å². The summed E-state index contributed by atoms with van der Waals surface area (Å²) in [5.41, 5.74) is 0. The molecule has 5 rings (SSSR count). The van der Waals surface area contributed by atoms with E-state index in [1.54, 1.807) is 6.42 Å². The fourth-order valence-electron chi connectivity index (χ4n) is 4.74. The van der Waals surface area contributed by atoms with Gasteiger partial charge in [-0.25, -0.2) is 0 Å². The van der Waals surface area contributed by atoms with Gasteiger partial charge >= 0.3 is 0 Å². The quantitative estimate of drug-likeness (QED) is 0.820. The third-order valence-corrected chi connectivity index (χ3v) is 6.18. The molecule has 18 heavy (non-hydrogen) atoms. The van der Waals surface area contributed by atoms with Crippen LogP contribution in [0.5, 0.6) is 0 Å². The maximum absolute atomic E-state index is 3.80. The molecule has 1 nitrogen and oxygen atoms in total. The van der Waals surface area contributed by atoms with Crippen LogP contribution >= 0.6 is 11.9 Å². The second kappa shape index (κ2) is 4.57. The molecular formula is C16H21NS. The van der Waals surface area contributed by atoms with Crippen LogP contribution in [0.1, 0.15) is 32.1 Å². The van der Waals surface area contributed by atoms with Crippen molar-refractivity contribution in [2.75, 3.05) is 0 Å². The molecule has 1 N–H and O–H groups in total. The molecule has 0 spiro atoms. The van der Waals surface area contributed by atoms with Crippen LogP contribution in [0.3, 0.4) is 0 Å². The molecule has 0 aromatic heterocycles. The summed E-state index contributed by atoms with van der Waals surface area (Å²) in [6, 6.07) is 11.5. The van der Waals surface area contributed by atoms with Gasteiger partial charge in [-0.2, -0.15) is 0 Å². The van der Waals surface area contributed by atoms with E-state index >= 15 is 0 Å². The second-order valence-corrected chi connectivity index (χ2v) is 7.40. The van der Waals surface area contributed by atoms with Gasteiger partial charge in [0.1, 0.15) is 0 Å². The molecule has 1 aromatic rings. The molecule has 4 saturated carbocycles. The first-order valence-corrected chi connectivity index (χ1v) is 8.17. The lowest BCUT2D eigenvalue weighted by Crippen LogP contribution is -2.52. The maximum Gasteiger partial charge on any atom is 0.0232 e. The SMILES string of the molecule is c1ccc(SNC2C3CC4CC(C3)CC2C4)cc1. The molecule has 0 atom stereocenters. The van der Waals surface area contributed by atoms with E-state index in [-0.39, 0.29) is 0 Å². The highest BCUT2D eigenvalue weighted by atomic mass is 32.2. The summed E-state index contributed by atoms with van der Waals surface area (Å²) in [6.45, 7) is 0. The predicted octanol–water partition coefficient (Wildman–Crippen LogP) is 4.11. The van der Waals surface area contributed by atoms with E-state index in [0.29, 0.717) is 0 Å². The van der Waals surface area contributed by atoms with Gasteiger partial charge in [-0.05, 0) is 79.9 Å². The summed E-state index contributed by atoms with van der Waals surface area (Å²) in [6.07, 6.45) is 7.55. The molecule has 0 radical (unpaired) electrons. The number of rotatable bonds is 3. The van der Waals surface area contributed by atoms with Crippen molar-refractivity contribution in [3.8, 4) is 0 Å². The third-order valence-electron chi connectivity index (χ3n) is 5.28. The first-order chi connectivity index (χ1) is 8.88. The molecule has 2 heteroatoms. The molecule has 4 aliphatic rings. The van der Waals surface area contributed by atoms with Gasteiger partial charge in [-0.3, -0.25) is 4.72 Å². The van der Waals surface area contributed by atoms with Gasteiger partial charge in [0.05, 0.1) is 0 Å². The fourth-order valence-corrected chi connectivity index (χ4v) is 5.69. The van der Waals surface area contributed by atoms with Crippen LogP contribution in [0.2, 0.25) is 0 Å². The highest BCUT2D eigenvalue weighted by Gasteiger charge is 2.48. The minimum absolute atomic E-state index is 0.781. The maximum atomic E-state index is 3.80. The number of benzene rings is 1. The summed E-state index contributed by atoms with van der Waals surface area (Å²) in [7, 11) is 0. The van der Waals surface area contributed by atoms with E-state index in [4.69, 9.17) is 0 Å². The lowest BCUT2D eigenvalue weighted by atomic mass is 9.54. The van der Waals surface area contributed by atoms with Crippen molar-refractivity contribution >= 4 is 11.9 Å². The molecule has 0 aliphatic heterocycles. The van der Waals surface area contributed by atoms with Crippen molar-refractivity contribution < 1.29 is 0 Å². The molecule has 0 saturated heterocycles. The lowest BCUT2D eigenvalue weighted by molar-refractivity contribution is -0.00463. The Kier molecular flexibility index (Phi) is 2.89. The van der Waals surface area contributed by atoms with Gasteiger partial charge in [0.25, 0.3) is 0 Å². The Labute approximate surface area is 114 Å². The van der Waals surface area contributed by atoms with E-state index < -0.39 is 0 Å². The van der Waals surface area contributed by atoms with E-state index in [1.165, 1.54) is 30.6 Å².